The fraction of sp³-hybridized carbons (Fsp3) is 0.176. The number of nitro benzene ring substituents is 1. The predicted molar refractivity (Wildman–Crippen MR) is 86.3 cm³/mol. The standard InChI is InChI=1S/C17H15FN2O5/c1-19(10-16(21)25-11-12-5-3-2-4-6-12)17(22)14-9-13(18)7-8-15(14)20(23)24/h2-9H,10-11H2,1H3. The van der Waals surface area contributed by atoms with Crippen LogP contribution in [0.5, 0.6) is 0 Å². The number of esters is 1. The molecule has 0 bridgehead atoms. The highest BCUT2D eigenvalue weighted by molar-refractivity contribution is 5.99. The largest absolute Gasteiger partial charge is 0.459 e. The molecule has 130 valence electrons. The van der Waals surface area contributed by atoms with Gasteiger partial charge in [-0.2, -0.15) is 0 Å². The highest BCUT2D eigenvalue weighted by atomic mass is 19.1. The molecule has 2 aromatic carbocycles. The maximum atomic E-state index is 13.3. The zero-order valence-corrected chi connectivity index (χ0v) is 13.3. The van der Waals surface area contributed by atoms with Crippen LogP contribution in [-0.2, 0) is 16.1 Å². The first kappa shape index (κ1) is 18.1. The lowest BCUT2D eigenvalue weighted by Gasteiger charge is -2.16. The van der Waals surface area contributed by atoms with Crippen LogP contribution in [0.4, 0.5) is 10.1 Å². The summed E-state index contributed by atoms with van der Waals surface area (Å²) < 4.78 is 18.4. The lowest BCUT2D eigenvalue weighted by Crippen LogP contribution is -2.33. The summed E-state index contributed by atoms with van der Waals surface area (Å²) in [4.78, 5) is 35.2. The number of hydrogen-bond acceptors (Lipinski definition) is 5. The molecule has 0 fully saturated rings. The molecule has 0 aliphatic carbocycles. The molecule has 0 saturated carbocycles. The van der Waals surface area contributed by atoms with E-state index in [-0.39, 0.29) is 6.61 Å². The van der Waals surface area contributed by atoms with Crippen molar-refractivity contribution < 1.29 is 23.6 Å². The minimum atomic E-state index is -0.845. The molecule has 2 aromatic rings. The van der Waals surface area contributed by atoms with Crippen molar-refractivity contribution in [2.24, 2.45) is 0 Å². The van der Waals surface area contributed by atoms with E-state index in [1.807, 2.05) is 6.07 Å². The second-order valence-corrected chi connectivity index (χ2v) is 5.23. The molecule has 0 heterocycles. The topological polar surface area (TPSA) is 89.8 Å². The molecular formula is C17H15FN2O5. The zero-order chi connectivity index (χ0) is 18.4. The summed E-state index contributed by atoms with van der Waals surface area (Å²) in [6.07, 6.45) is 0. The lowest BCUT2D eigenvalue weighted by molar-refractivity contribution is -0.385. The van der Waals surface area contributed by atoms with E-state index in [4.69, 9.17) is 4.74 Å². The number of hydrogen-bond donors (Lipinski definition) is 0. The summed E-state index contributed by atoms with van der Waals surface area (Å²) in [5.74, 6) is -2.31. The monoisotopic (exact) mass is 346 g/mol. The van der Waals surface area contributed by atoms with Crippen molar-refractivity contribution in [2.45, 2.75) is 6.61 Å². The van der Waals surface area contributed by atoms with Crippen LogP contribution in [0.25, 0.3) is 0 Å². The van der Waals surface area contributed by atoms with Gasteiger partial charge in [-0.3, -0.25) is 19.7 Å². The van der Waals surface area contributed by atoms with Crippen molar-refractivity contribution in [1.29, 1.82) is 0 Å². The number of amides is 1. The summed E-state index contributed by atoms with van der Waals surface area (Å²) in [6, 6.07) is 11.5. The van der Waals surface area contributed by atoms with Crippen LogP contribution >= 0.6 is 0 Å². The van der Waals surface area contributed by atoms with Gasteiger partial charge in [0.05, 0.1) is 4.92 Å². The number of ether oxygens (including phenoxy) is 1. The number of carbonyl (C=O) groups is 2. The molecule has 0 spiro atoms. The smallest absolute Gasteiger partial charge is 0.325 e. The van der Waals surface area contributed by atoms with Crippen molar-refractivity contribution in [1.82, 2.24) is 4.90 Å². The maximum Gasteiger partial charge on any atom is 0.325 e. The highest BCUT2D eigenvalue weighted by Crippen LogP contribution is 2.21. The molecule has 0 radical (unpaired) electrons. The summed E-state index contributed by atoms with van der Waals surface area (Å²) in [6.45, 7) is -0.374. The van der Waals surface area contributed by atoms with Gasteiger partial charge in [-0.05, 0) is 17.7 Å². The van der Waals surface area contributed by atoms with Crippen molar-refractivity contribution in [2.75, 3.05) is 13.6 Å². The Balaban J connectivity index is 2.01. The third kappa shape index (κ3) is 4.84. The number of nitro groups is 1. The van der Waals surface area contributed by atoms with Gasteiger partial charge >= 0.3 is 5.97 Å². The van der Waals surface area contributed by atoms with E-state index >= 15 is 0 Å². The first-order valence-electron chi connectivity index (χ1n) is 7.27. The lowest BCUT2D eigenvalue weighted by atomic mass is 10.1. The van der Waals surface area contributed by atoms with Gasteiger partial charge in [0.25, 0.3) is 11.6 Å². The van der Waals surface area contributed by atoms with Crippen LogP contribution in [0, 0.1) is 15.9 Å². The van der Waals surface area contributed by atoms with Crippen LogP contribution < -0.4 is 0 Å². The van der Waals surface area contributed by atoms with Crippen molar-refractivity contribution in [3.8, 4) is 0 Å². The van der Waals surface area contributed by atoms with E-state index in [1.165, 1.54) is 7.05 Å². The number of nitrogens with zero attached hydrogens (tertiary/aromatic N) is 2. The normalized spacial score (nSPS) is 10.2. The number of carbonyl (C=O) groups excluding carboxylic acids is 2. The summed E-state index contributed by atoms with van der Waals surface area (Å²) >= 11 is 0. The number of benzene rings is 2. The first-order valence-corrected chi connectivity index (χ1v) is 7.27. The fourth-order valence-electron chi connectivity index (χ4n) is 2.09. The van der Waals surface area contributed by atoms with Crippen molar-refractivity contribution in [3.63, 3.8) is 0 Å². The highest BCUT2D eigenvalue weighted by Gasteiger charge is 2.25. The number of rotatable bonds is 6. The number of halogens is 1. The summed E-state index contributed by atoms with van der Waals surface area (Å²) in [5.41, 5.74) is -0.176. The molecule has 25 heavy (non-hydrogen) atoms. The SMILES string of the molecule is CN(CC(=O)OCc1ccccc1)C(=O)c1cc(F)ccc1[N+](=O)[O-]. The van der Waals surface area contributed by atoms with Crippen LogP contribution in [0.15, 0.2) is 48.5 Å². The molecule has 0 aliphatic rings. The van der Waals surface area contributed by atoms with E-state index in [1.54, 1.807) is 24.3 Å². The Hall–Kier alpha value is -3.29. The third-order valence-corrected chi connectivity index (χ3v) is 3.34. The van der Waals surface area contributed by atoms with Gasteiger partial charge in [-0.1, -0.05) is 30.3 Å². The Labute approximate surface area is 142 Å². The molecule has 0 N–H and O–H groups in total. The van der Waals surface area contributed by atoms with Gasteiger partial charge in [-0.25, -0.2) is 4.39 Å². The molecule has 0 unspecified atom stereocenters. The summed E-state index contributed by atoms with van der Waals surface area (Å²) in [7, 11) is 1.28. The maximum absolute atomic E-state index is 13.3. The van der Waals surface area contributed by atoms with E-state index < -0.39 is 40.4 Å². The Bertz CT molecular complexity index is 795. The molecule has 7 nitrogen and oxygen atoms in total. The van der Waals surface area contributed by atoms with E-state index in [0.29, 0.717) is 0 Å². The van der Waals surface area contributed by atoms with Gasteiger partial charge in [-0.15, -0.1) is 0 Å². The predicted octanol–water partition coefficient (Wildman–Crippen LogP) is 2.55. The molecule has 0 aromatic heterocycles. The molecular weight excluding hydrogens is 331 g/mol. The quantitative estimate of drug-likeness (QED) is 0.455. The molecule has 8 heteroatoms. The van der Waals surface area contributed by atoms with Crippen molar-refractivity contribution in [3.05, 3.63) is 75.6 Å². The Morgan fingerprint density at radius 3 is 2.52 bits per heavy atom. The van der Waals surface area contributed by atoms with Gasteiger partial charge in [0.2, 0.25) is 0 Å². The first-order chi connectivity index (χ1) is 11.9. The minimum Gasteiger partial charge on any atom is -0.459 e. The molecule has 2 rings (SSSR count). The molecule has 0 atom stereocenters. The van der Waals surface area contributed by atoms with Crippen LogP contribution in [0.2, 0.25) is 0 Å². The minimum absolute atomic E-state index is 0.0435. The Morgan fingerprint density at radius 1 is 1.20 bits per heavy atom. The van der Waals surface area contributed by atoms with Crippen LogP contribution in [-0.4, -0.2) is 35.3 Å². The van der Waals surface area contributed by atoms with Crippen LogP contribution in [0.1, 0.15) is 15.9 Å². The van der Waals surface area contributed by atoms with Gasteiger partial charge < -0.3 is 9.64 Å². The number of likely N-dealkylation sites (N-methyl/N-ethyl adjacent to an activating group) is 1. The van der Waals surface area contributed by atoms with Gasteiger partial charge in [0, 0.05) is 13.1 Å². The molecule has 1 amide bonds. The Kier molecular flexibility index (Phi) is 5.78. The van der Waals surface area contributed by atoms with E-state index in [0.717, 1.165) is 28.7 Å². The van der Waals surface area contributed by atoms with Gasteiger partial charge in [0.15, 0.2) is 0 Å². The van der Waals surface area contributed by atoms with Gasteiger partial charge in [0.1, 0.15) is 24.5 Å². The molecule has 0 aliphatic heterocycles. The third-order valence-electron chi connectivity index (χ3n) is 3.34. The second kappa shape index (κ2) is 8.00. The Morgan fingerprint density at radius 2 is 1.88 bits per heavy atom. The average molecular weight is 346 g/mol. The van der Waals surface area contributed by atoms with E-state index in [2.05, 4.69) is 0 Å². The summed E-state index contributed by atoms with van der Waals surface area (Å²) in [5, 5.41) is 11.0. The van der Waals surface area contributed by atoms with Crippen LogP contribution in [0.3, 0.4) is 0 Å². The second-order valence-electron chi connectivity index (χ2n) is 5.23. The van der Waals surface area contributed by atoms with E-state index in [9.17, 15) is 24.1 Å². The fourth-order valence-corrected chi connectivity index (χ4v) is 2.09. The average Bonchev–Trinajstić information content (AvgIpc) is 2.59. The molecule has 0 saturated heterocycles. The zero-order valence-electron chi connectivity index (χ0n) is 13.3. The van der Waals surface area contributed by atoms with Crippen molar-refractivity contribution >= 4 is 17.6 Å².